The van der Waals surface area contributed by atoms with Gasteiger partial charge >= 0.3 is 0 Å². The molecule has 11 atom stereocenters. The van der Waals surface area contributed by atoms with Gasteiger partial charge in [-0.25, -0.2) is 8.42 Å². The van der Waals surface area contributed by atoms with Crippen LogP contribution in [0.5, 0.6) is 0 Å². The average molecular weight is 487 g/mol. The Morgan fingerprint density at radius 3 is 2.35 bits per heavy atom. The van der Waals surface area contributed by atoms with E-state index in [0.29, 0.717) is 39.9 Å². The quantitative estimate of drug-likeness (QED) is 0.521. The summed E-state index contributed by atoms with van der Waals surface area (Å²) in [4.78, 5) is 0.469. The van der Waals surface area contributed by atoms with Crippen LogP contribution in [0.3, 0.4) is 0 Å². The molecule has 34 heavy (non-hydrogen) atoms. The second-order valence-corrected chi connectivity index (χ2v) is 15.4. The second kappa shape index (κ2) is 8.61. The standard InChI is InChI=1S/C30H46O3S/c1-19(18-34(32,33)24-9-7-6-8-10-24)27-20(2)21(3)28-25-12-11-22-17-23(31)13-15-29(22,4)26(25)14-16-30(27,28)5/h6-10,19-23,25-28,31H,11-18H2,1-5H3. The van der Waals surface area contributed by atoms with Crippen molar-refractivity contribution < 1.29 is 13.5 Å². The maximum absolute atomic E-state index is 13.3. The van der Waals surface area contributed by atoms with E-state index in [1.165, 1.54) is 32.1 Å². The molecular formula is C30H46O3S. The largest absolute Gasteiger partial charge is 0.393 e. The summed E-state index contributed by atoms with van der Waals surface area (Å²) in [7, 11) is -3.28. The van der Waals surface area contributed by atoms with Crippen molar-refractivity contribution in [2.75, 3.05) is 5.75 Å². The summed E-state index contributed by atoms with van der Waals surface area (Å²) in [5, 5.41) is 10.3. The molecule has 190 valence electrons. The monoisotopic (exact) mass is 486 g/mol. The summed E-state index contributed by atoms with van der Waals surface area (Å²) >= 11 is 0. The van der Waals surface area contributed by atoms with E-state index in [9.17, 15) is 13.5 Å². The molecule has 0 amide bonds. The fourth-order valence-corrected chi connectivity index (χ4v) is 12.2. The molecule has 0 heterocycles. The first kappa shape index (κ1) is 24.8. The molecule has 4 heteroatoms. The Labute approximate surface area is 208 Å². The number of aliphatic hydroxyl groups is 1. The van der Waals surface area contributed by atoms with Gasteiger partial charge in [0.2, 0.25) is 0 Å². The lowest BCUT2D eigenvalue weighted by molar-refractivity contribution is -0.134. The minimum Gasteiger partial charge on any atom is -0.393 e. The third-order valence-corrected chi connectivity index (χ3v) is 13.8. The van der Waals surface area contributed by atoms with Gasteiger partial charge in [0.15, 0.2) is 9.84 Å². The SMILES string of the molecule is CC(CS(=O)(=O)c1ccccc1)C1C(C)C(C)C2C3CCC4CC(O)CCC4(C)C3CCC12C. The Hall–Kier alpha value is -0.870. The van der Waals surface area contributed by atoms with Crippen LogP contribution in [0.2, 0.25) is 0 Å². The molecule has 0 radical (unpaired) electrons. The number of fused-ring (bicyclic) bond motifs is 5. The molecule has 1 N–H and O–H groups in total. The van der Waals surface area contributed by atoms with E-state index in [4.69, 9.17) is 0 Å². The van der Waals surface area contributed by atoms with Crippen LogP contribution in [0.15, 0.2) is 35.2 Å². The van der Waals surface area contributed by atoms with E-state index in [1.54, 1.807) is 12.1 Å². The van der Waals surface area contributed by atoms with Crippen molar-refractivity contribution in [2.24, 2.45) is 58.2 Å². The Balaban J connectivity index is 1.41. The maximum Gasteiger partial charge on any atom is 0.178 e. The molecule has 0 aromatic heterocycles. The predicted octanol–water partition coefficient (Wildman–Crippen LogP) is 6.61. The molecule has 4 saturated carbocycles. The molecule has 5 rings (SSSR count). The molecule has 4 aliphatic rings. The summed E-state index contributed by atoms with van der Waals surface area (Å²) in [5.74, 6) is 4.96. The highest BCUT2D eigenvalue weighted by atomic mass is 32.2. The van der Waals surface area contributed by atoms with Crippen LogP contribution in [0.4, 0.5) is 0 Å². The Kier molecular flexibility index (Phi) is 6.28. The molecule has 0 spiro atoms. The molecule has 4 fully saturated rings. The van der Waals surface area contributed by atoms with Gasteiger partial charge in [-0.3, -0.25) is 0 Å². The minimum absolute atomic E-state index is 0.0919. The number of rotatable bonds is 4. The van der Waals surface area contributed by atoms with Crippen molar-refractivity contribution in [2.45, 2.75) is 90.6 Å². The number of hydrogen-bond acceptors (Lipinski definition) is 3. The summed E-state index contributed by atoms with van der Waals surface area (Å²) < 4.78 is 26.6. The number of aliphatic hydroxyl groups excluding tert-OH is 1. The van der Waals surface area contributed by atoms with Gasteiger partial charge in [0, 0.05) is 0 Å². The van der Waals surface area contributed by atoms with Crippen LogP contribution in [0.25, 0.3) is 0 Å². The first-order chi connectivity index (χ1) is 16.0. The smallest absolute Gasteiger partial charge is 0.178 e. The van der Waals surface area contributed by atoms with E-state index in [1.807, 2.05) is 18.2 Å². The zero-order valence-corrected chi connectivity index (χ0v) is 22.7. The first-order valence-corrected chi connectivity index (χ1v) is 15.6. The van der Waals surface area contributed by atoms with Crippen molar-refractivity contribution in [1.82, 2.24) is 0 Å². The highest BCUT2D eigenvalue weighted by molar-refractivity contribution is 7.91. The third-order valence-electron chi connectivity index (χ3n) is 11.9. The van der Waals surface area contributed by atoms with Gasteiger partial charge in [0.05, 0.1) is 16.8 Å². The van der Waals surface area contributed by atoms with Gasteiger partial charge in [-0.15, -0.1) is 0 Å². The van der Waals surface area contributed by atoms with Crippen molar-refractivity contribution in [3.05, 3.63) is 30.3 Å². The van der Waals surface area contributed by atoms with E-state index in [2.05, 4.69) is 34.6 Å². The molecule has 3 nitrogen and oxygen atoms in total. The van der Waals surface area contributed by atoms with Crippen LogP contribution in [0.1, 0.15) is 79.6 Å². The average Bonchev–Trinajstić information content (AvgIpc) is 3.00. The lowest BCUT2D eigenvalue weighted by atomic mass is 9.44. The highest BCUT2D eigenvalue weighted by Gasteiger charge is 2.64. The third kappa shape index (κ3) is 3.72. The Morgan fingerprint density at radius 1 is 0.971 bits per heavy atom. The number of sulfone groups is 1. The Bertz CT molecular complexity index is 990. The summed E-state index contributed by atoms with van der Waals surface area (Å²) in [6, 6.07) is 9.04. The fraction of sp³-hybridized carbons (Fsp3) is 0.800. The molecule has 4 aliphatic carbocycles. The number of benzene rings is 1. The van der Waals surface area contributed by atoms with Gasteiger partial charge in [0.1, 0.15) is 0 Å². The van der Waals surface area contributed by atoms with Crippen LogP contribution < -0.4 is 0 Å². The van der Waals surface area contributed by atoms with Gasteiger partial charge < -0.3 is 5.11 Å². The van der Waals surface area contributed by atoms with Crippen molar-refractivity contribution in [3.63, 3.8) is 0 Å². The van der Waals surface area contributed by atoms with Gasteiger partial charge in [-0.05, 0) is 115 Å². The minimum atomic E-state index is -3.28. The molecule has 1 aromatic carbocycles. The van der Waals surface area contributed by atoms with E-state index in [-0.39, 0.29) is 23.2 Å². The summed E-state index contributed by atoms with van der Waals surface area (Å²) in [5.41, 5.74) is 0.607. The van der Waals surface area contributed by atoms with Crippen LogP contribution in [-0.4, -0.2) is 25.4 Å². The van der Waals surface area contributed by atoms with E-state index < -0.39 is 9.84 Å². The highest BCUT2D eigenvalue weighted by Crippen LogP contribution is 2.70. The van der Waals surface area contributed by atoms with E-state index >= 15 is 0 Å². The maximum atomic E-state index is 13.3. The first-order valence-electron chi connectivity index (χ1n) is 13.9. The zero-order chi connectivity index (χ0) is 24.5. The molecule has 1 aromatic rings. The molecule has 0 bridgehead atoms. The predicted molar refractivity (Wildman–Crippen MR) is 138 cm³/mol. The van der Waals surface area contributed by atoms with Crippen molar-refractivity contribution in [3.8, 4) is 0 Å². The molecule has 11 unspecified atom stereocenters. The van der Waals surface area contributed by atoms with Crippen LogP contribution >= 0.6 is 0 Å². The van der Waals surface area contributed by atoms with E-state index in [0.717, 1.165) is 24.7 Å². The lowest BCUT2D eigenvalue weighted by Crippen LogP contribution is -2.55. The zero-order valence-electron chi connectivity index (χ0n) is 21.9. The molecule has 0 saturated heterocycles. The van der Waals surface area contributed by atoms with Crippen LogP contribution in [-0.2, 0) is 9.84 Å². The number of hydrogen-bond donors (Lipinski definition) is 1. The second-order valence-electron chi connectivity index (χ2n) is 13.4. The fourth-order valence-electron chi connectivity index (χ4n) is 10.5. The lowest BCUT2D eigenvalue weighted by Gasteiger charge is -2.61. The normalized spacial score (nSPS) is 47.4. The van der Waals surface area contributed by atoms with Crippen molar-refractivity contribution >= 4 is 9.84 Å². The summed E-state index contributed by atoms with van der Waals surface area (Å²) in [6.07, 6.45) is 8.16. The molecular weight excluding hydrogens is 440 g/mol. The topological polar surface area (TPSA) is 54.4 Å². The van der Waals surface area contributed by atoms with Gasteiger partial charge in [-0.2, -0.15) is 0 Å². The summed E-state index contributed by atoms with van der Waals surface area (Å²) in [6.45, 7) is 12.2. The van der Waals surface area contributed by atoms with Crippen molar-refractivity contribution in [1.29, 1.82) is 0 Å². The van der Waals surface area contributed by atoms with Gasteiger partial charge in [0.25, 0.3) is 0 Å². The van der Waals surface area contributed by atoms with Crippen LogP contribution in [0, 0.1) is 58.2 Å². The molecule has 0 aliphatic heterocycles. The Morgan fingerprint density at radius 2 is 1.65 bits per heavy atom. The van der Waals surface area contributed by atoms with Gasteiger partial charge in [-0.1, -0.05) is 52.8 Å².